The van der Waals surface area contributed by atoms with Crippen LogP contribution in [0.3, 0.4) is 0 Å². The van der Waals surface area contributed by atoms with Gasteiger partial charge in [-0.05, 0) is 73.1 Å². The first-order valence-corrected chi connectivity index (χ1v) is 12.5. The van der Waals surface area contributed by atoms with Crippen LogP contribution >= 0.6 is 0 Å². The van der Waals surface area contributed by atoms with Crippen molar-refractivity contribution in [2.75, 3.05) is 26.2 Å². The van der Waals surface area contributed by atoms with Crippen LogP contribution in [0.4, 0.5) is 4.39 Å². The Morgan fingerprint density at radius 1 is 0.903 bits per heavy atom. The Labute approximate surface area is 182 Å². The minimum absolute atomic E-state index is 0.000992. The van der Waals surface area contributed by atoms with Gasteiger partial charge in [0, 0.05) is 26.2 Å². The molecule has 0 atom stereocenters. The van der Waals surface area contributed by atoms with Gasteiger partial charge in [-0.15, -0.1) is 0 Å². The Kier molecular flexibility index (Phi) is 5.13. The van der Waals surface area contributed by atoms with E-state index >= 15 is 0 Å². The summed E-state index contributed by atoms with van der Waals surface area (Å²) in [5.41, 5.74) is 2.45. The van der Waals surface area contributed by atoms with E-state index < -0.39 is 15.4 Å². The van der Waals surface area contributed by atoms with Crippen LogP contribution in [0.1, 0.15) is 42.4 Å². The van der Waals surface area contributed by atoms with Crippen molar-refractivity contribution in [1.29, 1.82) is 0 Å². The molecule has 164 valence electrons. The smallest absolute Gasteiger partial charge is 0.243 e. The van der Waals surface area contributed by atoms with Crippen molar-refractivity contribution in [3.05, 3.63) is 65.0 Å². The highest BCUT2D eigenvalue weighted by molar-refractivity contribution is 7.89. The minimum Gasteiger partial charge on any atom is -0.339 e. The van der Waals surface area contributed by atoms with Crippen LogP contribution in [0.2, 0.25) is 0 Å². The maximum Gasteiger partial charge on any atom is 0.243 e. The largest absolute Gasteiger partial charge is 0.339 e. The van der Waals surface area contributed by atoms with Gasteiger partial charge in [0.25, 0.3) is 0 Å². The normalized spacial score (nSPS) is 20.9. The number of benzene rings is 2. The van der Waals surface area contributed by atoms with E-state index in [4.69, 9.17) is 0 Å². The van der Waals surface area contributed by atoms with Gasteiger partial charge in [-0.2, -0.15) is 4.31 Å². The fourth-order valence-corrected chi connectivity index (χ4v) is 6.71. The van der Waals surface area contributed by atoms with Crippen LogP contribution in [0.5, 0.6) is 0 Å². The van der Waals surface area contributed by atoms with Crippen molar-refractivity contribution < 1.29 is 17.6 Å². The van der Waals surface area contributed by atoms with Gasteiger partial charge in [-0.25, -0.2) is 12.8 Å². The van der Waals surface area contributed by atoms with Crippen LogP contribution in [-0.2, 0) is 33.1 Å². The Hall–Kier alpha value is -2.25. The molecule has 7 heteroatoms. The molecule has 1 aliphatic heterocycles. The number of carbonyl (C=O) groups excluding carboxylic acids is 1. The van der Waals surface area contributed by atoms with E-state index in [-0.39, 0.29) is 24.8 Å². The number of hydrogen-bond acceptors (Lipinski definition) is 3. The predicted octanol–water partition coefficient (Wildman–Crippen LogP) is 3.27. The van der Waals surface area contributed by atoms with E-state index in [1.54, 1.807) is 17.0 Å². The van der Waals surface area contributed by atoms with Gasteiger partial charge in [-0.1, -0.05) is 24.6 Å². The zero-order valence-corrected chi connectivity index (χ0v) is 18.3. The second-order valence-electron chi connectivity index (χ2n) is 8.93. The monoisotopic (exact) mass is 442 g/mol. The molecule has 0 aromatic heterocycles. The number of hydrogen-bond donors (Lipinski definition) is 0. The second-order valence-corrected chi connectivity index (χ2v) is 10.9. The number of aryl methyl sites for hydroxylation is 2. The van der Waals surface area contributed by atoms with Crippen LogP contribution in [0, 0.1) is 5.82 Å². The molecule has 1 amide bonds. The molecule has 1 heterocycles. The molecule has 0 spiro atoms. The van der Waals surface area contributed by atoms with Gasteiger partial charge in [-0.3, -0.25) is 4.79 Å². The number of amides is 1. The zero-order valence-electron chi connectivity index (χ0n) is 17.5. The molecule has 2 aromatic rings. The summed E-state index contributed by atoms with van der Waals surface area (Å²) in [6.07, 6.45) is 5.39. The Balaban J connectivity index is 1.30. The van der Waals surface area contributed by atoms with Gasteiger partial charge in [0.05, 0.1) is 10.3 Å². The van der Waals surface area contributed by atoms with Crippen LogP contribution in [0.25, 0.3) is 0 Å². The number of nitrogens with zero attached hydrogens (tertiary/aromatic N) is 2. The maximum absolute atomic E-state index is 13.8. The molecule has 31 heavy (non-hydrogen) atoms. The van der Waals surface area contributed by atoms with E-state index in [9.17, 15) is 17.6 Å². The fourth-order valence-electron chi connectivity index (χ4n) is 5.23. The summed E-state index contributed by atoms with van der Waals surface area (Å²) in [5.74, 6) is -0.333. The SMILES string of the molecule is O=C(N1CCN(S(=O)(=O)c2ccc3c(c2)CCC3)CC1)C1(c2cccc(F)c2)CCC1. The molecule has 2 aliphatic carbocycles. The summed E-state index contributed by atoms with van der Waals surface area (Å²) in [6.45, 7) is 1.29. The molecular formula is C24H27FN2O3S. The quantitative estimate of drug-likeness (QED) is 0.730. The van der Waals surface area contributed by atoms with Crippen LogP contribution in [0.15, 0.2) is 47.4 Å². The number of fused-ring (bicyclic) bond motifs is 1. The number of halogens is 1. The molecule has 2 aromatic carbocycles. The van der Waals surface area contributed by atoms with Crippen LogP contribution < -0.4 is 0 Å². The average Bonchev–Trinajstić information content (AvgIpc) is 3.21. The van der Waals surface area contributed by atoms with Crippen molar-refractivity contribution in [1.82, 2.24) is 9.21 Å². The Bertz CT molecular complexity index is 1120. The number of carbonyl (C=O) groups is 1. The summed E-state index contributed by atoms with van der Waals surface area (Å²) >= 11 is 0. The minimum atomic E-state index is -3.57. The zero-order chi connectivity index (χ0) is 21.6. The van der Waals surface area contributed by atoms with Crippen molar-refractivity contribution in [3.8, 4) is 0 Å². The summed E-state index contributed by atoms with van der Waals surface area (Å²) in [5, 5.41) is 0. The molecule has 0 unspecified atom stereocenters. The van der Waals surface area contributed by atoms with Gasteiger partial charge >= 0.3 is 0 Å². The van der Waals surface area contributed by atoms with Gasteiger partial charge in [0.15, 0.2) is 0 Å². The third kappa shape index (κ3) is 3.48. The highest BCUT2D eigenvalue weighted by Crippen LogP contribution is 2.45. The molecule has 3 aliphatic rings. The summed E-state index contributed by atoms with van der Waals surface area (Å²) < 4.78 is 41.6. The highest BCUT2D eigenvalue weighted by atomic mass is 32.2. The van der Waals surface area contributed by atoms with Gasteiger partial charge < -0.3 is 4.90 Å². The summed E-state index contributed by atoms with van der Waals surface area (Å²) in [7, 11) is -3.57. The standard InChI is InChI=1S/C24H27FN2O3S/c25-21-7-2-6-20(17-21)24(10-3-11-24)23(28)26-12-14-27(15-13-26)31(29,30)22-9-8-18-4-1-5-19(18)16-22/h2,6-9,16-17H,1,3-5,10-15H2. The topological polar surface area (TPSA) is 57.7 Å². The van der Waals surface area contributed by atoms with E-state index in [0.29, 0.717) is 30.8 Å². The summed E-state index contributed by atoms with van der Waals surface area (Å²) in [4.78, 5) is 15.5. The first-order chi connectivity index (χ1) is 14.9. The van der Waals surface area contributed by atoms with Crippen LogP contribution in [-0.4, -0.2) is 49.7 Å². The third-order valence-corrected chi connectivity index (χ3v) is 9.12. The van der Waals surface area contributed by atoms with Crippen molar-refractivity contribution >= 4 is 15.9 Å². The van der Waals surface area contributed by atoms with E-state index in [0.717, 1.165) is 36.8 Å². The molecule has 0 bridgehead atoms. The third-order valence-electron chi connectivity index (χ3n) is 7.23. The average molecular weight is 443 g/mol. The molecular weight excluding hydrogens is 415 g/mol. The van der Waals surface area contributed by atoms with E-state index in [2.05, 4.69) is 0 Å². The first kappa shape index (κ1) is 20.6. The molecule has 1 saturated heterocycles. The van der Waals surface area contributed by atoms with Crippen molar-refractivity contribution in [3.63, 3.8) is 0 Å². The molecule has 5 nitrogen and oxygen atoms in total. The highest BCUT2D eigenvalue weighted by Gasteiger charge is 2.48. The fraction of sp³-hybridized carbons (Fsp3) is 0.458. The molecule has 0 radical (unpaired) electrons. The number of piperazine rings is 1. The first-order valence-electron chi connectivity index (χ1n) is 11.1. The molecule has 0 N–H and O–H groups in total. The lowest BCUT2D eigenvalue weighted by molar-refractivity contribution is -0.142. The number of rotatable bonds is 4. The predicted molar refractivity (Wildman–Crippen MR) is 116 cm³/mol. The Morgan fingerprint density at radius 3 is 2.32 bits per heavy atom. The molecule has 2 fully saturated rings. The second kappa shape index (κ2) is 7.71. The Morgan fingerprint density at radius 2 is 1.65 bits per heavy atom. The van der Waals surface area contributed by atoms with Crippen molar-refractivity contribution in [2.24, 2.45) is 0 Å². The molecule has 5 rings (SSSR count). The lowest BCUT2D eigenvalue weighted by Crippen LogP contribution is -2.57. The van der Waals surface area contributed by atoms with Gasteiger partial charge in [0.2, 0.25) is 15.9 Å². The van der Waals surface area contributed by atoms with E-state index in [1.807, 2.05) is 18.2 Å². The maximum atomic E-state index is 13.8. The number of sulfonamides is 1. The lowest BCUT2D eigenvalue weighted by atomic mass is 9.63. The summed E-state index contributed by atoms with van der Waals surface area (Å²) in [6, 6.07) is 11.8. The molecule has 1 saturated carbocycles. The van der Waals surface area contributed by atoms with Crippen molar-refractivity contribution in [2.45, 2.75) is 48.8 Å². The van der Waals surface area contributed by atoms with Gasteiger partial charge in [0.1, 0.15) is 5.82 Å². The lowest BCUT2D eigenvalue weighted by Gasteiger charge is -2.45. The van der Waals surface area contributed by atoms with E-state index in [1.165, 1.54) is 22.0 Å².